The van der Waals surface area contributed by atoms with Crippen molar-refractivity contribution in [1.29, 1.82) is 0 Å². The molecule has 0 aromatic heterocycles. The van der Waals surface area contributed by atoms with Crippen molar-refractivity contribution in [3.8, 4) is 0 Å². The summed E-state index contributed by atoms with van der Waals surface area (Å²) < 4.78 is 10.2. The van der Waals surface area contributed by atoms with Crippen LogP contribution in [0, 0.1) is 0 Å². The third-order valence-corrected chi connectivity index (χ3v) is 3.13. The zero-order valence-electron chi connectivity index (χ0n) is 14.3. The first kappa shape index (κ1) is 21.4. The number of carbonyl (C=O) groups is 3. The molecular formula is C16H30N2O5. The first-order valence-electron chi connectivity index (χ1n) is 8.36. The Balaban J connectivity index is 4.37. The number of nitrogens with one attached hydrogen (secondary N) is 1. The van der Waals surface area contributed by atoms with E-state index in [1.165, 1.54) is 0 Å². The number of nitrogens with two attached hydrogens (primary N) is 1. The smallest absolute Gasteiger partial charge is 0.328 e. The van der Waals surface area contributed by atoms with E-state index in [1.54, 1.807) is 0 Å². The maximum atomic E-state index is 12.0. The van der Waals surface area contributed by atoms with Gasteiger partial charge in [-0.3, -0.25) is 9.59 Å². The van der Waals surface area contributed by atoms with Crippen LogP contribution in [-0.2, 0) is 23.9 Å². The highest BCUT2D eigenvalue weighted by Crippen LogP contribution is 2.04. The Kier molecular flexibility index (Phi) is 13.0. The third-order valence-electron chi connectivity index (χ3n) is 3.13. The van der Waals surface area contributed by atoms with E-state index in [1.807, 2.05) is 13.8 Å². The standard InChI is InChI=1S/C16H30N2O5/c1-3-5-11-22-15(20)8-7-13(18-14(19)9-10-17)16(21)23-12-6-4-2/h13H,3-12,17H2,1-2H3,(H,18,19). The lowest BCUT2D eigenvalue weighted by Gasteiger charge is -2.17. The number of amides is 1. The van der Waals surface area contributed by atoms with Gasteiger partial charge in [0.1, 0.15) is 6.04 Å². The van der Waals surface area contributed by atoms with Gasteiger partial charge in [0.25, 0.3) is 0 Å². The predicted molar refractivity (Wildman–Crippen MR) is 86.6 cm³/mol. The topological polar surface area (TPSA) is 108 Å². The number of esters is 2. The van der Waals surface area contributed by atoms with Crippen molar-refractivity contribution in [3.63, 3.8) is 0 Å². The van der Waals surface area contributed by atoms with Crippen LogP contribution >= 0.6 is 0 Å². The maximum Gasteiger partial charge on any atom is 0.328 e. The molecule has 1 atom stereocenters. The Morgan fingerprint density at radius 3 is 2.17 bits per heavy atom. The molecule has 0 saturated heterocycles. The molecule has 0 aromatic rings. The summed E-state index contributed by atoms with van der Waals surface area (Å²) in [5.74, 6) is -1.23. The van der Waals surface area contributed by atoms with Gasteiger partial charge in [0.15, 0.2) is 0 Å². The number of unbranched alkanes of at least 4 members (excludes halogenated alkanes) is 2. The lowest BCUT2D eigenvalue weighted by atomic mass is 10.1. The van der Waals surface area contributed by atoms with Gasteiger partial charge in [-0.05, 0) is 19.3 Å². The van der Waals surface area contributed by atoms with Crippen molar-refractivity contribution in [2.24, 2.45) is 5.73 Å². The molecule has 0 fully saturated rings. The third kappa shape index (κ3) is 11.6. The molecule has 0 bridgehead atoms. The molecule has 7 heteroatoms. The number of carbonyl (C=O) groups excluding carboxylic acids is 3. The first-order chi connectivity index (χ1) is 11.0. The monoisotopic (exact) mass is 330 g/mol. The quantitative estimate of drug-likeness (QED) is 0.389. The number of hydrogen-bond donors (Lipinski definition) is 2. The number of hydrogen-bond acceptors (Lipinski definition) is 6. The Labute approximate surface area is 138 Å². The maximum absolute atomic E-state index is 12.0. The molecule has 0 spiro atoms. The van der Waals surface area contributed by atoms with Crippen LogP contribution < -0.4 is 11.1 Å². The molecule has 1 unspecified atom stereocenters. The fourth-order valence-corrected chi connectivity index (χ4v) is 1.73. The highest BCUT2D eigenvalue weighted by molar-refractivity contribution is 5.85. The largest absolute Gasteiger partial charge is 0.466 e. The minimum Gasteiger partial charge on any atom is -0.466 e. The van der Waals surface area contributed by atoms with Gasteiger partial charge >= 0.3 is 11.9 Å². The lowest BCUT2D eigenvalue weighted by Crippen LogP contribution is -2.42. The van der Waals surface area contributed by atoms with E-state index in [-0.39, 0.29) is 37.7 Å². The molecule has 0 radical (unpaired) electrons. The second-order valence-corrected chi connectivity index (χ2v) is 5.29. The van der Waals surface area contributed by atoms with E-state index < -0.39 is 12.0 Å². The number of ether oxygens (including phenoxy) is 2. The average molecular weight is 330 g/mol. The van der Waals surface area contributed by atoms with Crippen LogP contribution in [0.5, 0.6) is 0 Å². The van der Waals surface area contributed by atoms with Gasteiger partial charge in [0.2, 0.25) is 5.91 Å². The normalized spacial score (nSPS) is 11.6. The minimum atomic E-state index is -0.843. The Morgan fingerprint density at radius 1 is 1.00 bits per heavy atom. The summed E-state index contributed by atoms with van der Waals surface area (Å²) in [7, 11) is 0. The molecule has 0 aliphatic heterocycles. The van der Waals surface area contributed by atoms with Crippen LogP contribution in [-0.4, -0.2) is 43.6 Å². The van der Waals surface area contributed by atoms with E-state index >= 15 is 0 Å². The van der Waals surface area contributed by atoms with Crippen LogP contribution in [0.3, 0.4) is 0 Å². The molecule has 0 heterocycles. The molecule has 7 nitrogen and oxygen atoms in total. The van der Waals surface area contributed by atoms with Gasteiger partial charge in [-0.1, -0.05) is 26.7 Å². The molecule has 1 amide bonds. The molecule has 0 saturated carbocycles. The minimum absolute atomic E-state index is 0.0557. The molecule has 0 aliphatic rings. The molecule has 0 rings (SSSR count). The Bertz CT molecular complexity index is 360. The summed E-state index contributed by atoms with van der Waals surface area (Å²) in [6, 6.07) is -0.843. The number of rotatable bonds is 13. The average Bonchev–Trinajstić information content (AvgIpc) is 2.52. The molecule has 0 aromatic carbocycles. The van der Waals surface area contributed by atoms with E-state index in [0.29, 0.717) is 13.2 Å². The summed E-state index contributed by atoms with van der Waals surface area (Å²) in [6.07, 6.45) is 3.75. The zero-order valence-corrected chi connectivity index (χ0v) is 14.3. The Morgan fingerprint density at radius 2 is 1.61 bits per heavy atom. The summed E-state index contributed by atoms with van der Waals surface area (Å²) in [6.45, 7) is 4.87. The van der Waals surface area contributed by atoms with E-state index in [9.17, 15) is 14.4 Å². The zero-order chi connectivity index (χ0) is 17.5. The summed E-state index contributed by atoms with van der Waals surface area (Å²) in [5.41, 5.74) is 5.32. The van der Waals surface area contributed by atoms with Gasteiger partial charge in [0.05, 0.1) is 13.2 Å². The second kappa shape index (κ2) is 14.0. The van der Waals surface area contributed by atoms with Gasteiger partial charge < -0.3 is 20.5 Å². The van der Waals surface area contributed by atoms with Crippen LogP contribution in [0.2, 0.25) is 0 Å². The SMILES string of the molecule is CCCCOC(=O)CCC(NC(=O)CCN)C(=O)OCCCC. The summed E-state index contributed by atoms with van der Waals surface area (Å²) >= 11 is 0. The van der Waals surface area contributed by atoms with E-state index in [0.717, 1.165) is 25.7 Å². The van der Waals surface area contributed by atoms with Crippen molar-refractivity contribution in [1.82, 2.24) is 5.32 Å². The van der Waals surface area contributed by atoms with E-state index in [2.05, 4.69) is 5.32 Å². The lowest BCUT2D eigenvalue weighted by molar-refractivity contribution is -0.149. The van der Waals surface area contributed by atoms with E-state index in [4.69, 9.17) is 15.2 Å². The summed E-state index contributed by atoms with van der Waals surface area (Å²) in [4.78, 5) is 35.2. The van der Waals surface area contributed by atoms with Crippen molar-refractivity contribution in [3.05, 3.63) is 0 Å². The van der Waals surface area contributed by atoms with Crippen molar-refractivity contribution in [2.75, 3.05) is 19.8 Å². The fraction of sp³-hybridized carbons (Fsp3) is 0.812. The van der Waals surface area contributed by atoms with Crippen molar-refractivity contribution < 1.29 is 23.9 Å². The van der Waals surface area contributed by atoms with Crippen LogP contribution in [0.4, 0.5) is 0 Å². The van der Waals surface area contributed by atoms with Crippen LogP contribution in [0.1, 0.15) is 58.8 Å². The highest BCUT2D eigenvalue weighted by atomic mass is 16.5. The second-order valence-electron chi connectivity index (χ2n) is 5.29. The van der Waals surface area contributed by atoms with Crippen LogP contribution in [0.15, 0.2) is 0 Å². The van der Waals surface area contributed by atoms with Gasteiger partial charge in [0, 0.05) is 19.4 Å². The van der Waals surface area contributed by atoms with Gasteiger partial charge in [-0.25, -0.2) is 4.79 Å². The molecule has 0 aliphatic carbocycles. The molecule has 23 heavy (non-hydrogen) atoms. The van der Waals surface area contributed by atoms with Crippen molar-refractivity contribution >= 4 is 17.8 Å². The van der Waals surface area contributed by atoms with Crippen LogP contribution in [0.25, 0.3) is 0 Å². The molecule has 3 N–H and O–H groups in total. The van der Waals surface area contributed by atoms with Crippen molar-refractivity contribution in [2.45, 2.75) is 64.8 Å². The molecular weight excluding hydrogens is 300 g/mol. The highest BCUT2D eigenvalue weighted by Gasteiger charge is 2.23. The Hall–Kier alpha value is -1.63. The van der Waals surface area contributed by atoms with Gasteiger partial charge in [-0.2, -0.15) is 0 Å². The fourth-order valence-electron chi connectivity index (χ4n) is 1.73. The predicted octanol–water partition coefficient (Wildman–Crippen LogP) is 1.29. The summed E-state index contributed by atoms with van der Waals surface area (Å²) in [5, 5.41) is 2.57. The first-order valence-corrected chi connectivity index (χ1v) is 8.36. The molecule has 134 valence electrons. The van der Waals surface area contributed by atoms with Gasteiger partial charge in [-0.15, -0.1) is 0 Å².